The van der Waals surface area contributed by atoms with Crippen molar-refractivity contribution in [3.05, 3.63) is 70.2 Å². The van der Waals surface area contributed by atoms with Gasteiger partial charge in [0.25, 0.3) is 11.6 Å². The number of nitro groups is 1. The largest absolute Gasteiger partial charge is 0.362 e. The number of fused-ring (bicyclic) bond motifs is 1. The monoisotopic (exact) mass is 488 g/mol. The van der Waals surface area contributed by atoms with Gasteiger partial charge in [-0.05, 0) is 37.1 Å². The minimum atomic E-state index is -0.468. The van der Waals surface area contributed by atoms with Crippen LogP contribution < -0.4 is 10.2 Å². The van der Waals surface area contributed by atoms with Gasteiger partial charge in [0.1, 0.15) is 11.5 Å². The Hall–Kier alpha value is -4.21. The zero-order valence-corrected chi connectivity index (χ0v) is 20.1. The Balaban J connectivity index is 1.33. The molecule has 0 unspecified atom stereocenters. The number of aromatic nitrogens is 2. The third-order valence-corrected chi connectivity index (χ3v) is 6.82. The molecule has 1 saturated heterocycles. The molecule has 36 heavy (non-hydrogen) atoms. The van der Waals surface area contributed by atoms with Crippen LogP contribution in [0, 0.1) is 10.1 Å². The summed E-state index contributed by atoms with van der Waals surface area (Å²) >= 11 is 0. The SMILES string of the molecule is CC(=O)N1CCN(c2ccc(C(=O)Nc3cccc(-c4cn5c(n4)CCCC5)c3)cc2[N+](=O)[O-])CC1. The van der Waals surface area contributed by atoms with E-state index in [9.17, 15) is 19.7 Å². The summed E-state index contributed by atoms with van der Waals surface area (Å²) in [6.07, 6.45) is 5.32. The molecule has 1 fully saturated rings. The fourth-order valence-corrected chi connectivity index (χ4v) is 4.85. The Morgan fingerprint density at radius 3 is 2.56 bits per heavy atom. The van der Waals surface area contributed by atoms with Gasteiger partial charge in [-0.25, -0.2) is 4.98 Å². The standard InChI is InChI=1S/C26H28N6O4/c1-18(33)29-11-13-30(14-12-29)23-9-8-20(16-24(23)32(35)36)26(34)27-21-6-4-5-19(15-21)22-17-31-10-3-2-7-25(31)28-22/h4-6,8-9,15-17H,2-3,7,10-14H2,1H3,(H,27,34). The van der Waals surface area contributed by atoms with E-state index in [1.807, 2.05) is 29.3 Å². The van der Waals surface area contributed by atoms with Gasteiger partial charge in [0, 0.05) is 75.1 Å². The summed E-state index contributed by atoms with van der Waals surface area (Å²) in [5.74, 6) is 0.654. The maximum absolute atomic E-state index is 13.0. The van der Waals surface area contributed by atoms with Crippen molar-refractivity contribution in [3.63, 3.8) is 0 Å². The highest BCUT2D eigenvalue weighted by atomic mass is 16.6. The molecule has 0 spiro atoms. The van der Waals surface area contributed by atoms with Crippen LogP contribution in [0.4, 0.5) is 17.1 Å². The van der Waals surface area contributed by atoms with E-state index in [0.29, 0.717) is 37.6 Å². The van der Waals surface area contributed by atoms with E-state index in [1.165, 1.54) is 13.0 Å². The minimum Gasteiger partial charge on any atom is -0.362 e. The van der Waals surface area contributed by atoms with Gasteiger partial charge in [-0.15, -0.1) is 0 Å². The second kappa shape index (κ2) is 9.80. The molecule has 3 aromatic rings. The molecule has 10 nitrogen and oxygen atoms in total. The predicted octanol–water partition coefficient (Wildman–Crippen LogP) is 3.72. The van der Waals surface area contributed by atoms with Crippen molar-refractivity contribution in [1.82, 2.24) is 14.5 Å². The molecular formula is C26H28N6O4. The molecule has 0 atom stereocenters. The molecule has 0 aliphatic carbocycles. The number of carbonyl (C=O) groups excluding carboxylic acids is 2. The number of amides is 2. The topological polar surface area (TPSA) is 114 Å². The van der Waals surface area contributed by atoms with Crippen LogP contribution in [-0.2, 0) is 17.8 Å². The van der Waals surface area contributed by atoms with Crippen LogP contribution in [0.2, 0.25) is 0 Å². The maximum atomic E-state index is 13.0. The van der Waals surface area contributed by atoms with E-state index in [-0.39, 0.29) is 17.2 Å². The molecular weight excluding hydrogens is 460 g/mol. The van der Waals surface area contributed by atoms with E-state index in [1.54, 1.807) is 23.1 Å². The first-order valence-electron chi connectivity index (χ1n) is 12.2. The normalized spacial score (nSPS) is 15.4. The van der Waals surface area contributed by atoms with Crippen LogP contribution >= 0.6 is 0 Å². The van der Waals surface area contributed by atoms with E-state index in [4.69, 9.17) is 4.98 Å². The fourth-order valence-electron chi connectivity index (χ4n) is 4.85. The third kappa shape index (κ3) is 4.79. The number of benzene rings is 2. The Kier molecular flexibility index (Phi) is 6.41. The molecule has 0 saturated carbocycles. The first kappa shape index (κ1) is 23.5. The average Bonchev–Trinajstić information content (AvgIpc) is 3.33. The molecule has 3 heterocycles. The predicted molar refractivity (Wildman–Crippen MR) is 136 cm³/mol. The molecule has 1 N–H and O–H groups in total. The lowest BCUT2D eigenvalue weighted by Crippen LogP contribution is -2.48. The summed E-state index contributed by atoms with van der Waals surface area (Å²) in [5, 5.41) is 14.7. The van der Waals surface area contributed by atoms with Crippen LogP contribution in [0.5, 0.6) is 0 Å². The van der Waals surface area contributed by atoms with Crippen molar-refractivity contribution < 1.29 is 14.5 Å². The number of nitrogens with one attached hydrogen (secondary N) is 1. The zero-order valence-electron chi connectivity index (χ0n) is 20.1. The lowest BCUT2D eigenvalue weighted by atomic mass is 10.1. The Bertz CT molecular complexity index is 1300. The van der Waals surface area contributed by atoms with Crippen molar-refractivity contribution in [1.29, 1.82) is 0 Å². The number of aryl methyl sites for hydroxylation is 2. The number of imidazole rings is 1. The Morgan fingerprint density at radius 1 is 1.03 bits per heavy atom. The van der Waals surface area contributed by atoms with Crippen LogP contribution in [0.1, 0.15) is 35.9 Å². The zero-order chi connectivity index (χ0) is 25.2. The molecule has 2 aliphatic heterocycles. The molecule has 2 amide bonds. The highest BCUT2D eigenvalue weighted by molar-refractivity contribution is 6.05. The molecule has 2 aliphatic rings. The molecule has 2 aromatic carbocycles. The lowest BCUT2D eigenvalue weighted by Gasteiger charge is -2.35. The Labute approximate surface area is 208 Å². The van der Waals surface area contributed by atoms with Gasteiger partial charge in [0.05, 0.1) is 10.6 Å². The number of nitrogens with zero attached hydrogens (tertiary/aromatic N) is 5. The number of rotatable bonds is 5. The highest BCUT2D eigenvalue weighted by Crippen LogP contribution is 2.31. The molecule has 5 rings (SSSR count). The van der Waals surface area contributed by atoms with Crippen molar-refractivity contribution in [2.45, 2.75) is 32.7 Å². The molecule has 1 aromatic heterocycles. The maximum Gasteiger partial charge on any atom is 0.293 e. The average molecular weight is 489 g/mol. The second-order valence-corrected chi connectivity index (χ2v) is 9.18. The molecule has 0 radical (unpaired) electrons. The van der Waals surface area contributed by atoms with Gasteiger partial charge >= 0.3 is 0 Å². The molecule has 186 valence electrons. The fraction of sp³-hybridized carbons (Fsp3) is 0.346. The Morgan fingerprint density at radius 2 is 1.83 bits per heavy atom. The number of nitro benzene ring substituents is 1. The highest BCUT2D eigenvalue weighted by Gasteiger charge is 2.26. The van der Waals surface area contributed by atoms with E-state index >= 15 is 0 Å². The van der Waals surface area contributed by atoms with Gasteiger partial charge in [-0.3, -0.25) is 19.7 Å². The summed E-state index contributed by atoms with van der Waals surface area (Å²) < 4.78 is 2.19. The smallest absolute Gasteiger partial charge is 0.293 e. The van der Waals surface area contributed by atoms with Crippen LogP contribution in [0.25, 0.3) is 11.3 Å². The van der Waals surface area contributed by atoms with Crippen LogP contribution in [-0.4, -0.2) is 57.4 Å². The van der Waals surface area contributed by atoms with Crippen molar-refractivity contribution in [3.8, 4) is 11.3 Å². The quantitative estimate of drug-likeness (QED) is 0.433. The van der Waals surface area contributed by atoms with Crippen molar-refractivity contribution in [2.75, 3.05) is 36.4 Å². The van der Waals surface area contributed by atoms with Gasteiger partial charge in [-0.1, -0.05) is 12.1 Å². The number of piperazine rings is 1. The summed E-state index contributed by atoms with van der Waals surface area (Å²) in [5.41, 5.74) is 2.89. The third-order valence-electron chi connectivity index (χ3n) is 6.82. The molecule has 0 bridgehead atoms. The van der Waals surface area contributed by atoms with Gasteiger partial charge in [0.2, 0.25) is 5.91 Å². The van der Waals surface area contributed by atoms with E-state index in [0.717, 1.165) is 42.9 Å². The number of hydrogen-bond donors (Lipinski definition) is 1. The summed E-state index contributed by atoms with van der Waals surface area (Å²) in [4.78, 5) is 44.3. The first-order chi connectivity index (χ1) is 17.4. The van der Waals surface area contributed by atoms with E-state index in [2.05, 4.69) is 9.88 Å². The minimum absolute atomic E-state index is 0.00671. The van der Waals surface area contributed by atoms with Crippen LogP contribution in [0.15, 0.2) is 48.7 Å². The first-order valence-corrected chi connectivity index (χ1v) is 12.2. The summed E-state index contributed by atoms with van der Waals surface area (Å²) in [6.45, 7) is 4.49. The number of carbonyl (C=O) groups is 2. The van der Waals surface area contributed by atoms with Gasteiger partial charge in [0.15, 0.2) is 0 Å². The molecule has 10 heteroatoms. The van der Waals surface area contributed by atoms with Gasteiger partial charge < -0.3 is 19.7 Å². The lowest BCUT2D eigenvalue weighted by molar-refractivity contribution is -0.384. The van der Waals surface area contributed by atoms with Gasteiger partial charge in [-0.2, -0.15) is 0 Å². The summed E-state index contributed by atoms with van der Waals surface area (Å²) in [7, 11) is 0. The number of hydrogen-bond acceptors (Lipinski definition) is 6. The van der Waals surface area contributed by atoms with Crippen molar-refractivity contribution in [2.24, 2.45) is 0 Å². The van der Waals surface area contributed by atoms with E-state index < -0.39 is 10.8 Å². The summed E-state index contributed by atoms with van der Waals surface area (Å²) in [6, 6.07) is 12.0. The second-order valence-electron chi connectivity index (χ2n) is 9.18. The van der Waals surface area contributed by atoms with Crippen LogP contribution in [0.3, 0.4) is 0 Å². The number of anilines is 2. The van der Waals surface area contributed by atoms with Crippen molar-refractivity contribution >= 4 is 28.9 Å².